The fourth-order valence-electron chi connectivity index (χ4n) is 1.69. The molecule has 1 aliphatic carbocycles. The number of carboxylic acids is 1. The molecular weight excluding hydrogens is 144 g/mol. The number of ether oxygens (including phenoxy) is 1. The Labute approximate surface area is 66.4 Å². The number of carboxylic acid groups (broad SMARTS) is 1. The van der Waals surface area contributed by atoms with Crippen LogP contribution in [-0.4, -0.2) is 24.8 Å². The summed E-state index contributed by atoms with van der Waals surface area (Å²) < 4.78 is 4.96. The number of hydrogen-bond donors (Lipinski definition) is 1. The van der Waals surface area contributed by atoms with Crippen LogP contribution in [0.4, 0.5) is 0 Å². The Bertz CT molecular complexity index is 144. The average Bonchev–Trinajstić information content (AvgIpc) is 2.37. The van der Waals surface area contributed by atoms with Crippen LogP contribution in [0.5, 0.6) is 0 Å². The summed E-state index contributed by atoms with van der Waals surface area (Å²) in [5.74, 6) is -0.292. The molecule has 1 N–H and O–H groups in total. The van der Waals surface area contributed by atoms with Crippen LogP contribution in [-0.2, 0) is 9.53 Å². The Balaban J connectivity index is 2.29. The van der Waals surface area contributed by atoms with Gasteiger partial charge in [-0.15, -0.1) is 0 Å². The summed E-state index contributed by atoms with van der Waals surface area (Å²) in [4.78, 5) is 10.5. The van der Waals surface area contributed by atoms with Crippen LogP contribution in [0.1, 0.15) is 19.3 Å². The van der Waals surface area contributed by atoms with Crippen molar-refractivity contribution in [3.05, 3.63) is 0 Å². The standard InChI is InChI=1S/C8H14O3/c1-11-5-6-2-3-7(4-6)8(9)10/h6-7H,2-5H2,1H3,(H,9,10)/t6-,7+/m1/s1. The molecule has 0 aliphatic heterocycles. The fourth-order valence-corrected chi connectivity index (χ4v) is 1.69. The third-order valence-corrected chi connectivity index (χ3v) is 2.29. The van der Waals surface area contributed by atoms with Crippen molar-refractivity contribution in [1.29, 1.82) is 0 Å². The summed E-state index contributed by atoms with van der Waals surface area (Å²) in [6.07, 6.45) is 2.62. The molecule has 0 spiro atoms. The van der Waals surface area contributed by atoms with Gasteiger partial charge in [0.15, 0.2) is 0 Å². The first-order valence-corrected chi connectivity index (χ1v) is 3.95. The maximum atomic E-state index is 10.5. The number of methoxy groups -OCH3 is 1. The topological polar surface area (TPSA) is 46.5 Å². The maximum absolute atomic E-state index is 10.5. The van der Waals surface area contributed by atoms with Crippen LogP contribution in [0.2, 0.25) is 0 Å². The fraction of sp³-hybridized carbons (Fsp3) is 0.875. The van der Waals surface area contributed by atoms with Gasteiger partial charge in [-0.25, -0.2) is 0 Å². The van der Waals surface area contributed by atoms with E-state index in [2.05, 4.69) is 0 Å². The van der Waals surface area contributed by atoms with Crippen molar-refractivity contribution >= 4 is 5.97 Å². The second kappa shape index (κ2) is 3.72. The minimum Gasteiger partial charge on any atom is -0.481 e. The average molecular weight is 158 g/mol. The Hall–Kier alpha value is -0.570. The van der Waals surface area contributed by atoms with E-state index >= 15 is 0 Å². The second-order valence-corrected chi connectivity index (χ2v) is 3.17. The van der Waals surface area contributed by atoms with Crippen LogP contribution in [0, 0.1) is 11.8 Å². The van der Waals surface area contributed by atoms with Gasteiger partial charge in [0.25, 0.3) is 0 Å². The molecule has 0 saturated heterocycles. The van der Waals surface area contributed by atoms with E-state index in [9.17, 15) is 4.79 Å². The molecule has 2 atom stereocenters. The Morgan fingerprint density at radius 1 is 1.64 bits per heavy atom. The highest BCUT2D eigenvalue weighted by molar-refractivity contribution is 5.70. The Kier molecular flexibility index (Phi) is 2.88. The zero-order valence-electron chi connectivity index (χ0n) is 6.75. The van der Waals surface area contributed by atoms with Crippen molar-refractivity contribution in [2.75, 3.05) is 13.7 Å². The van der Waals surface area contributed by atoms with Gasteiger partial charge in [0, 0.05) is 13.7 Å². The van der Waals surface area contributed by atoms with Crippen molar-refractivity contribution in [3.63, 3.8) is 0 Å². The van der Waals surface area contributed by atoms with E-state index in [1.165, 1.54) is 0 Å². The minimum atomic E-state index is -0.649. The largest absolute Gasteiger partial charge is 0.481 e. The third-order valence-electron chi connectivity index (χ3n) is 2.29. The van der Waals surface area contributed by atoms with Gasteiger partial charge >= 0.3 is 5.97 Å². The van der Waals surface area contributed by atoms with Crippen molar-refractivity contribution in [1.82, 2.24) is 0 Å². The van der Waals surface area contributed by atoms with E-state index in [0.29, 0.717) is 12.5 Å². The summed E-state index contributed by atoms with van der Waals surface area (Å²) >= 11 is 0. The first-order chi connectivity index (χ1) is 5.24. The highest BCUT2D eigenvalue weighted by Crippen LogP contribution is 2.30. The molecule has 64 valence electrons. The molecule has 0 amide bonds. The van der Waals surface area contributed by atoms with Crippen LogP contribution >= 0.6 is 0 Å². The predicted octanol–water partition coefficient (Wildman–Crippen LogP) is 1.13. The summed E-state index contributed by atoms with van der Waals surface area (Å²) in [6.45, 7) is 0.712. The molecule has 1 saturated carbocycles. The Morgan fingerprint density at radius 2 is 2.36 bits per heavy atom. The molecule has 0 bridgehead atoms. The van der Waals surface area contributed by atoms with Gasteiger partial charge in [0.1, 0.15) is 0 Å². The second-order valence-electron chi connectivity index (χ2n) is 3.17. The zero-order chi connectivity index (χ0) is 8.27. The molecule has 0 unspecified atom stereocenters. The summed E-state index contributed by atoms with van der Waals surface area (Å²) in [5.41, 5.74) is 0. The first kappa shape index (κ1) is 8.53. The quantitative estimate of drug-likeness (QED) is 0.669. The number of carbonyl (C=O) groups is 1. The van der Waals surface area contributed by atoms with Gasteiger partial charge in [-0.05, 0) is 25.2 Å². The predicted molar refractivity (Wildman–Crippen MR) is 40.3 cm³/mol. The lowest BCUT2D eigenvalue weighted by molar-refractivity contribution is -0.141. The molecule has 3 nitrogen and oxygen atoms in total. The van der Waals surface area contributed by atoms with Crippen LogP contribution < -0.4 is 0 Å². The molecule has 1 fully saturated rings. The van der Waals surface area contributed by atoms with Gasteiger partial charge < -0.3 is 9.84 Å². The van der Waals surface area contributed by atoms with E-state index in [0.717, 1.165) is 19.3 Å². The third kappa shape index (κ3) is 2.19. The van der Waals surface area contributed by atoms with Crippen molar-refractivity contribution in [2.24, 2.45) is 11.8 Å². The molecular formula is C8H14O3. The molecule has 0 aromatic carbocycles. The maximum Gasteiger partial charge on any atom is 0.306 e. The SMILES string of the molecule is COC[C@@H]1CC[C@H](C(=O)O)C1. The molecule has 0 heterocycles. The smallest absolute Gasteiger partial charge is 0.306 e. The summed E-state index contributed by atoms with van der Waals surface area (Å²) in [7, 11) is 1.66. The Morgan fingerprint density at radius 3 is 2.82 bits per heavy atom. The number of hydrogen-bond acceptors (Lipinski definition) is 2. The van der Waals surface area contributed by atoms with Crippen molar-refractivity contribution < 1.29 is 14.6 Å². The molecule has 0 aromatic rings. The van der Waals surface area contributed by atoms with Gasteiger partial charge in [-0.3, -0.25) is 4.79 Å². The molecule has 1 rings (SSSR count). The zero-order valence-corrected chi connectivity index (χ0v) is 6.75. The van der Waals surface area contributed by atoms with Gasteiger partial charge in [0.2, 0.25) is 0 Å². The lowest BCUT2D eigenvalue weighted by Gasteiger charge is -2.06. The molecule has 11 heavy (non-hydrogen) atoms. The van der Waals surface area contributed by atoms with Gasteiger partial charge in [0.05, 0.1) is 5.92 Å². The number of rotatable bonds is 3. The lowest BCUT2D eigenvalue weighted by atomic mass is 10.1. The van der Waals surface area contributed by atoms with Crippen LogP contribution in [0.25, 0.3) is 0 Å². The van der Waals surface area contributed by atoms with Crippen LogP contribution in [0.15, 0.2) is 0 Å². The lowest BCUT2D eigenvalue weighted by Crippen LogP contribution is -2.11. The summed E-state index contributed by atoms with van der Waals surface area (Å²) in [5, 5.41) is 8.66. The minimum absolute atomic E-state index is 0.116. The van der Waals surface area contributed by atoms with Gasteiger partial charge in [-0.1, -0.05) is 0 Å². The monoisotopic (exact) mass is 158 g/mol. The molecule has 0 aromatic heterocycles. The van der Waals surface area contributed by atoms with Crippen molar-refractivity contribution in [2.45, 2.75) is 19.3 Å². The first-order valence-electron chi connectivity index (χ1n) is 3.95. The van der Waals surface area contributed by atoms with E-state index in [-0.39, 0.29) is 5.92 Å². The molecule has 1 aliphatic rings. The van der Waals surface area contributed by atoms with E-state index in [1.54, 1.807) is 7.11 Å². The summed E-state index contributed by atoms with van der Waals surface area (Å²) in [6, 6.07) is 0. The van der Waals surface area contributed by atoms with Crippen molar-refractivity contribution in [3.8, 4) is 0 Å². The highest BCUT2D eigenvalue weighted by atomic mass is 16.5. The normalized spacial score (nSPS) is 30.6. The van der Waals surface area contributed by atoms with E-state index in [1.807, 2.05) is 0 Å². The molecule has 3 heteroatoms. The van der Waals surface area contributed by atoms with E-state index < -0.39 is 5.97 Å². The van der Waals surface area contributed by atoms with Gasteiger partial charge in [-0.2, -0.15) is 0 Å². The van der Waals surface area contributed by atoms with E-state index in [4.69, 9.17) is 9.84 Å². The number of aliphatic carboxylic acids is 1. The molecule has 0 radical (unpaired) electrons. The highest BCUT2D eigenvalue weighted by Gasteiger charge is 2.29. The van der Waals surface area contributed by atoms with Crippen LogP contribution in [0.3, 0.4) is 0 Å².